The van der Waals surface area contributed by atoms with Crippen molar-refractivity contribution >= 4 is 17.9 Å². The summed E-state index contributed by atoms with van der Waals surface area (Å²) in [6.07, 6.45) is 4.82. The fraction of sp³-hybridized carbons (Fsp3) is 0.429. The zero-order valence-electron chi connectivity index (χ0n) is 19.7. The molecule has 1 aliphatic rings. The molecule has 1 aromatic carbocycles. The summed E-state index contributed by atoms with van der Waals surface area (Å²) in [4.78, 5) is 15.4. The number of hydrogen-bond donors (Lipinski definition) is 2. The molecular weight excluding hydrogens is 458 g/mol. The van der Waals surface area contributed by atoms with Crippen molar-refractivity contribution in [3.05, 3.63) is 29.1 Å². The third-order valence-corrected chi connectivity index (χ3v) is 5.54. The van der Waals surface area contributed by atoms with Crippen molar-refractivity contribution in [1.82, 2.24) is 35.6 Å². The molecule has 0 unspecified atom stereocenters. The second-order valence-electron chi connectivity index (χ2n) is 7.76. The van der Waals surface area contributed by atoms with E-state index in [4.69, 9.17) is 19.9 Å². The van der Waals surface area contributed by atoms with Crippen LogP contribution in [0.3, 0.4) is 0 Å². The number of aromatic nitrogens is 5. The Morgan fingerprint density at radius 1 is 1.14 bits per heavy atom. The van der Waals surface area contributed by atoms with Crippen LogP contribution in [0.25, 0.3) is 5.82 Å². The van der Waals surface area contributed by atoms with Gasteiger partial charge in [-0.05, 0) is 48.4 Å². The number of amides is 1. The molecule has 1 aliphatic heterocycles. The number of rotatable bonds is 9. The summed E-state index contributed by atoms with van der Waals surface area (Å²) in [7, 11) is 4.55. The van der Waals surface area contributed by atoms with E-state index in [1.54, 1.807) is 12.1 Å². The molecule has 186 valence electrons. The van der Waals surface area contributed by atoms with Crippen LogP contribution in [-0.4, -0.2) is 76.7 Å². The van der Waals surface area contributed by atoms with Gasteiger partial charge in [-0.3, -0.25) is 9.69 Å². The van der Waals surface area contributed by atoms with E-state index < -0.39 is 5.91 Å². The van der Waals surface area contributed by atoms with Gasteiger partial charge in [-0.2, -0.15) is 9.78 Å². The zero-order chi connectivity index (χ0) is 24.8. The summed E-state index contributed by atoms with van der Waals surface area (Å²) in [5.41, 5.74) is 9.57. The van der Waals surface area contributed by atoms with E-state index >= 15 is 0 Å². The van der Waals surface area contributed by atoms with Crippen LogP contribution < -0.4 is 25.4 Å². The zero-order valence-corrected chi connectivity index (χ0v) is 19.7. The highest BCUT2D eigenvalue weighted by atomic mass is 16.6. The molecule has 1 fully saturated rings. The molecule has 0 bridgehead atoms. The van der Waals surface area contributed by atoms with E-state index in [9.17, 15) is 4.79 Å². The van der Waals surface area contributed by atoms with Gasteiger partial charge in [0.15, 0.2) is 17.2 Å². The lowest BCUT2D eigenvalue weighted by molar-refractivity contribution is 0.0944. The Hall–Kier alpha value is -4.20. The maximum absolute atomic E-state index is 13.2. The predicted molar refractivity (Wildman–Crippen MR) is 124 cm³/mol. The van der Waals surface area contributed by atoms with Gasteiger partial charge in [-0.15, -0.1) is 5.10 Å². The van der Waals surface area contributed by atoms with Crippen molar-refractivity contribution in [3.63, 3.8) is 0 Å². The number of nitrogens with two attached hydrogens (primary N) is 1. The molecule has 0 aliphatic carbocycles. The number of hydrazone groups is 1. The van der Waals surface area contributed by atoms with Gasteiger partial charge in [-0.1, -0.05) is 11.6 Å². The summed E-state index contributed by atoms with van der Waals surface area (Å²) in [5.74, 6) is 0.871. The largest absolute Gasteiger partial charge is 0.493 e. The van der Waals surface area contributed by atoms with Gasteiger partial charge < -0.3 is 19.9 Å². The minimum atomic E-state index is -0.548. The third-order valence-electron chi connectivity index (χ3n) is 5.54. The molecule has 3 heterocycles. The maximum Gasteiger partial charge on any atom is 0.292 e. The Morgan fingerprint density at radius 3 is 2.46 bits per heavy atom. The molecule has 2 aromatic heterocycles. The molecule has 1 amide bonds. The van der Waals surface area contributed by atoms with Gasteiger partial charge in [0.2, 0.25) is 17.4 Å². The van der Waals surface area contributed by atoms with E-state index in [0.717, 1.165) is 25.9 Å². The van der Waals surface area contributed by atoms with Gasteiger partial charge in [-0.25, -0.2) is 10.1 Å². The fourth-order valence-corrected chi connectivity index (χ4v) is 3.86. The van der Waals surface area contributed by atoms with Crippen molar-refractivity contribution in [3.8, 4) is 23.1 Å². The number of nitrogens with zero attached hydrogens (tertiary/aromatic N) is 7. The van der Waals surface area contributed by atoms with Crippen LogP contribution in [0.2, 0.25) is 0 Å². The molecule has 0 atom stereocenters. The molecule has 1 saturated heterocycles. The van der Waals surface area contributed by atoms with Gasteiger partial charge in [0.25, 0.3) is 5.91 Å². The smallest absolute Gasteiger partial charge is 0.292 e. The van der Waals surface area contributed by atoms with Crippen molar-refractivity contribution in [2.24, 2.45) is 5.10 Å². The molecule has 3 N–H and O–H groups in total. The molecule has 4 rings (SSSR count). The van der Waals surface area contributed by atoms with Crippen molar-refractivity contribution < 1.29 is 23.6 Å². The Kier molecular flexibility index (Phi) is 7.40. The van der Waals surface area contributed by atoms with Crippen molar-refractivity contribution in [2.45, 2.75) is 25.8 Å². The van der Waals surface area contributed by atoms with E-state index in [0.29, 0.717) is 35.1 Å². The number of piperidine rings is 1. The van der Waals surface area contributed by atoms with Crippen LogP contribution in [0.5, 0.6) is 17.2 Å². The fourth-order valence-electron chi connectivity index (χ4n) is 3.86. The van der Waals surface area contributed by atoms with Gasteiger partial charge in [0.1, 0.15) is 5.69 Å². The lowest BCUT2D eigenvalue weighted by atomic mass is 10.1. The van der Waals surface area contributed by atoms with Gasteiger partial charge in [0.05, 0.1) is 27.5 Å². The minimum Gasteiger partial charge on any atom is -0.493 e. The van der Waals surface area contributed by atoms with Crippen LogP contribution in [0, 0.1) is 0 Å². The number of methoxy groups -OCH3 is 3. The number of benzene rings is 1. The minimum absolute atomic E-state index is 0.0191. The van der Waals surface area contributed by atoms with Crippen LogP contribution >= 0.6 is 0 Å². The van der Waals surface area contributed by atoms with Crippen LogP contribution in [0.1, 0.15) is 41.0 Å². The summed E-state index contributed by atoms with van der Waals surface area (Å²) >= 11 is 0. The Bertz CT molecular complexity index is 1170. The maximum atomic E-state index is 13.2. The van der Waals surface area contributed by atoms with E-state index in [1.807, 2.05) is 0 Å². The summed E-state index contributed by atoms with van der Waals surface area (Å²) in [6, 6.07) is 3.40. The summed E-state index contributed by atoms with van der Waals surface area (Å²) < 4.78 is 21.9. The van der Waals surface area contributed by atoms with E-state index in [-0.39, 0.29) is 17.3 Å². The SMILES string of the molecule is COc1cc(/C=N/NC(=O)c2c(CN3CCCCC3)nnn2-c2nonc2N)cc(OC)c1OC. The Morgan fingerprint density at radius 2 is 1.86 bits per heavy atom. The quantitative estimate of drug-likeness (QED) is 0.328. The Labute approximate surface area is 201 Å². The molecule has 0 radical (unpaired) electrons. The van der Waals surface area contributed by atoms with E-state index in [1.165, 1.54) is 38.6 Å². The normalized spacial score (nSPS) is 14.3. The lowest BCUT2D eigenvalue weighted by Gasteiger charge is -2.25. The average Bonchev–Trinajstić information content (AvgIpc) is 3.49. The first-order valence-corrected chi connectivity index (χ1v) is 10.9. The molecule has 14 nitrogen and oxygen atoms in total. The number of ether oxygens (including phenoxy) is 3. The predicted octanol–water partition coefficient (Wildman–Crippen LogP) is 1.01. The number of anilines is 1. The second-order valence-corrected chi connectivity index (χ2v) is 7.76. The van der Waals surface area contributed by atoms with Crippen molar-refractivity contribution in [2.75, 3.05) is 40.2 Å². The van der Waals surface area contributed by atoms with Gasteiger partial charge >= 0.3 is 0 Å². The topological polar surface area (TPSA) is 168 Å². The first-order valence-electron chi connectivity index (χ1n) is 10.9. The average molecular weight is 486 g/mol. The first kappa shape index (κ1) is 23.9. The number of nitrogen functional groups attached to an aromatic ring is 1. The summed E-state index contributed by atoms with van der Waals surface area (Å²) in [5, 5.41) is 19.7. The number of likely N-dealkylation sites (tertiary alicyclic amines) is 1. The van der Waals surface area contributed by atoms with Crippen molar-refractivity contribution in [1.29, 1.82) is 0 Å². The standard InChI is InChI=1S/C21H27N9O5/c1-32-15-9-13(10-16(33-2)18(15)34-3)11-23-25-21(31)17-14(12-29-7-5-4-6-8-29)24-28-30(17)20-19(22)26-35-27-20/h9-11H,4-8,12H2,1-3H3,(H2,22,26)(H,25,31)/b23-11+. The number of hydrogen-bond acceptors (Lipinski definition) is 12. The highest BCUT2D eigenvalue weighted by molar-refractivity contribution is 5.95. The lowest BCUT2D eigenvalue weighted by Crippen LogP contribution is -2.31. The highest BCUT2D eigenvalue weighted by Gasteiger charge is 2.26. The molecule has 35 heavy (non-hydrogen) atoms. The molecular formula is C21H27N9O5. The molecule has 3 aromatic rings. The second kappa shape index (κ2) is 10.8. The number of carbonyl (C=O) groups is 1. The molecule has 14 heteroatoms. The van der Waals surface area contributed by atoms with E-state index in [2.05, 4.69) is 40.7 Å². The Balaban J connectivity index is 1.59. The van der Waals surface area contributed by atoms with Crippen LogP contribution in [0.15, 0.2) is 21.9 Å². The van der Waals surface area contributed by atoms with Gasteiger partial charge in [0, 0.05) is 12.1 Å². The van der Waals surface area contributed by atoms with Crippen LogP contribution in [-0.2, 0) is 6.54 Å². The molecule has 0 saturated carbocycles. The third kappa shape index (κ3) is 5.16. The first-order chi connectivity index (χ1) is 17.0. The highest BCUT2D eigenvalue weighted by Crippen LogP contribution is 2.37. The molecule has 0 spiro atoms. The monoisotopic (exact) mass is 485 g/mol. The number of nitrogens with one attached hydrogen (secondary N) is 1. The number of carbonyl (C=O) groups excluding carboxylic acids is 1. The summed E-state index contributed by atoms with van der Waals surface area (Å²) in [6.45, 7) is 2.28. The van der Waals surface area contributed by atoms with Crippen LogP contribution in [0.4, 0.5) is 5.82 Å².